The van der Waals surface area contributed by atoms with Crippen LogP contribution in [0.2, 0.25) is 0 Å². The van der Waals surface area contributed by atoms with Crippen LogP contribution in [0, 0.1) is 0 Å². The maximum Gasteiger partial charge on any atom is 0.138 e. The van der Waals surface area contributed by atoms with E-state index >= 15 is 0 Å². The van der Waals surface area contributed by atoms with Crippen LogP contribution in [-0.4, -0.2) is 9.67 Å². The van der Waals surface area contributed by atoms with Gasteiger partial charge in [0.05, 0.1) is 5.70 Å². The van der Waals surface area contributed by atoms with Gasteiger partial charge in [-0.25, -0.2) is 0 Å². The van der Waals surface area contributed by atoms with Crippen molar-refractivity contribution in [1.82, 2.24) is 4.57 Å². The van der Waals surface area contributed by atoms with Gasteiger partial charge in [-0.05, 0) is 18.2 Å². The molecule has 0 bridgehead atoms. The van der Waals surface area contributed by atoms with Crippen molar-refractivity contribution in [3.8, 4) is 0 Å². The summed E-state index contributed by atoms with van der Waals surface area (Å²) in [6.07, 6.45) is 6.65. The summed E-state index contributed by atoms with van der Waals surface area (Å²) in [6.45, 7) is 7.19. The molecular weight excluding hydrogens is 150 g/mol. The van der Waals surface area contributed by atoms with Gasteiger partial charge >= 0.3 is 0 Å². The fraction of sp³-hybridized carbons (Fsp3) is 0. The molecule has 0 aliphatic heterocycles. The van der Waals surface area contributed by atoms with Gasteiger partial charge < -0.3 is 9.67 Å². The summed E-state index contributed by atoms with van der Waals surface area (Å²) in [7, 11) is 0. The molecule has 0 saturated carbocycles. The molecule has 0 aliphatic carbocycles. The molecule has 1 aromatic heterocycles. The maximum atomic E-state index is 9.36. The topological polar surface area (TPSA) is 25.2 Å². The maximum absolute atomic E-state index is 9.36. The molecule has 0 unspecified atom stereocenters. The monoisotopic (exact) mass is 161 g/mol. The molecule has 0 atom stereocenters. The van der Waals surface area contributed by atoms with Crippen LogP contribution < -0.4 is 0 Å². The number of nitrogens with zero attached hydrogens (tertiary/aromatic N) is 1. The molecule has 1 rings (SSSR count). The van der Waals surface area contributed by atoms with E-state index < -0.39 is 0 Å². The average molecular weight is 161 g/mol. The smallest absolute Gasteiger partial charge is 0.138 e. The summed E-state index contributed by atoms with van der Waals surface area (Å²) in [5, 5.41) is 9.36. The Hall–Kier alpha value is -1.70. The van der Waals surface area contributed by atoms with E-state index in [1.54, 1.807) is 4.57 Å². The molecule has 0 fully saturated rings. The van der Waals surface area contributed by atoms with E-state index in [1.165, 1.54) is 12.2 Å². The SMILES string of the molecule is C=C/C=C(/O)C(=C)n1cccc1. The van der Waals surface area contributed by atoms with Crippen molar-refractivity contribution >= 4 is 5.70 Å². The minimum absolute atomic E-state index is 0.126. The van der Waals surface area contributed by atoms with Crippen LogP contribution in [0.3, 0.4) is 0 Å². The number of allylic oxidation sites excluding steroid dienone is 3. The van der Waals surface area contributed by atoms with E-state index in [1.807, 2.05) is 24.5 Å². The number of rotatable bonds is 3. The summed E-state index contributed by atoms with van der Waals surface area (Å²) in [5.74, 6) is 0.126. The number of aliphatic hydroxyl groups is 1. The first-order chi connectivity index (χ1) is 5.75. The lowest BCUT2D eigenvalue weighted by atomic mass is 10.3. The standard InChI is InChI=1S/C10H11NO/c1-3-6-10(12)9(2)11-7-4-5-8-11/h3-8,12H,1-2H2/b10-6+. The molecule has 2 heteroatoms. The van der Waals surface area contributed by atoms with Gasteiger partial charge in [0.15, 0.2) is 0 Å². The minimum atomic E-state index is 0.126. The molecule has 0 saturated heterocycles. The highest BCUT2D eigenvalue weighted by Crippen LogP contribution is 2.10. The normalized spacial score (nSPS) is 11.2. The average Bonchev–Trinajstić information content (AvgIpc) is 2.55. The van der Waals surface area contributed by atoms with Gasteiger partial charge in [-0.3, -0.25) is 0 Å². The van der Waals surface area contributed by atoms with Crippen molar-refractivity contribution in [2.24, 2.45) is 0 Å². The molecule has 0 amide bonds. The Kier molecular flexibility index (Phi) is 2.53. The first kappa shape index (κ1) is 8.40. The van der Waals surface area contributed by atoms with Crippen molar-refractivity contribution in [2.75, 3.05) is 0 Å². The third-order valence-electron chi connectivity index (χ3n) is 1.49. The molecule has 0 aliphatic rings. The van der Waals surface area contributed by atoms with E-state index in [2.05, 4.69) is 13.2 Å². The number of aliphatic hydroxyl groups excluding tert-OH is 1. The fourth-order valence-corrected chi connectivity index (χ4v) is 0.855. The predicted molar refractivity (Wildman–Crippen MR) is 50.7 cm³/mol. The number of hydrogen-bond donors (Lipinski definition) is 1. The zero-order valence-corrected chi connectivity index (χ0v) is 6.77. The molecule has 0 spiro atoms. The van der Waals surface area contributed by atoms with Gasteiger partial charge in [0.25, 0.3) is 0 Å². The Labute approximate surface area is 71.8 Å². The second kappa shape index (κ2) is 3.62. The van der Waals surface area contributed by atoms with Gasteiger partial charge in [0.2, 0.25) is 0 Å². The minimum Gasteiger partial charge on any atom is -0.506 e. The summed E-state index contributed by atoms with van der Waals surface area (Å²) in [6, 6.07) is 3.73. The second-order valence-corrected chi connectivity index (χ2v) is 2.32. The molecule has 12 heavy (non-hydrogen) atoms. The highest BCUT2D eigenvalue weighted by atomic mass is 16.3. The van der Waals surface area contributed by atoms with E-state index in [9.17, 15) is 5.11 Å². The predicted octanol–water partition coefficient (Wildman–Crippen LogP) is 2.59. The largest absolute Gasteiger partial charge is 0.506 e. The van der Waals surface area contributed by atoms with Gasteiger partial charge in [-0.15, -0.1) is 0 Å². The zero-order valence-electron chi connectivity index (χ0n) is 6.77. The van der Waals surface area contributed by atoms with E-state index in [0.717, 1.165) is 0 Å². The lowest BCUT2D eigenvalue weighted by Crippen LogP contribution is -1.94. The van der Waals surface area contributed by atoms with Crippen molar-refractivity contribution in [3.05, 3.63) is 55.6 Å². The number of aromatic nitrogens is 1. The van der Waals surface area contributed by atoms with Crippen LogP contribution in [0.25, 0.3) is 5.70 Å². The van der Waals surface area contributed by atoms with Crippen molar-refractivity contribution in [1.29, 1.82) is 0 Å². The Morgan fingerprint density at radius 3 is 2.42 bits per heavy atom. The number of hydrogen-bond acceptors (Lipinski definition) is 1. The van der Waals surface area contributed by atoms with Gasteiger partial charge in [-0.1, -0.05) is 19.2 Å². The Morgan fingerprint density at radius 2 is 1.92 bits per heavy atom. The highest BCUT2D eigenvalue weighted by Gasteiger charge is 1.98. The highest BCUT2D eigenvalue weighted by molar-refractivity contribution is 5.59. The van der Waals surface area contributed by atoms with E-state index in [4.69, 9.17) is 0 Å². The van der Waals surface area contributed by atoms with Crippen molar-refractivity contribution in [3.63, 3.8) is 0 Å². The molecule has 2 nitrogen and oxygen atoms in total. The van der Waals surface area contributed by atoms with Gasteiger partial charge in [-0.2, -0.15) is 0 Å². The molecule has 1 N–H and O–H groups in total. The third-order valence-corrected chi connectivity index (χ3v) is 1.49. The summed E-state index contributed by atoms with van der Waals surface area (Å²) in [4.78, 5) is 0. The van der Waals surface area contributed by atoms with E-state index in [0.29, 0.717) is 5.70 Å². The Balaban J connectivity index is 2.86. The first-order valence-corrected chi connectivity index (χ1v) is 3.60. The van der Waals surface area contributed by atoms with Crippen LogP contribution in [0.1, 0.15) is 0 Å². The van der Waals surface area contributed by atoms with Gasteiger partial charge in [0.1, 0.15) is 5.76 Å². The summed E-state index contributed by atoms with van der Waals surface area (Å²) in [5.41, 5.74) is 0.542. The quantitative estimate of drug-likeness (QED) is 0.535. The first-order valence-electron chi connectivity index (χ1n) is 3.60. The summed E-state index contributed by atoms with van der Waals surface area (Å²) >= 11 is 0. The van der Waals surface area contributed by atoms with Crippen LogP contribution in [0.15, 0.2) is 55.6 Å². The van der Waals surface area contributed by atoms with Crippen LogP contribution in [-0.2, 0) is 0 Å². The molecule has 62 valence electrons. The fourth-order valence-electron chi connectivity index (χ4n) is 0.855. The molecule has 0 aromatic carbocycles. The lowest BCUT2D eigenvalue weighted by molar-refractivity contribution is 0.433. The van der Waals surface area contributed by atoms with Crippen molar-refractivity contribution in [2.45, 2.75) is 0 Å². The molecular formula is C10H11NO. The van der Waals surface area contributed by atoms with Crippen LogP contribution >= 0.6 is 0 Å². The lowest BCUT2D eigenvalue weighted by Gasteiger charge is -2.04. The summed E-state index contributed by atoms with van der Waals surface area (Å²) < 4.78 is 1.73. The van der Waals surface area contributed by atoms with Crippen molar-refractivity contribution < 1.29 is 5.11 Å². The van der Waals surface area contributed by atoms with Crippen LogP contribution in [0.4, 0.5) is 0 Å². The van der Waals surface area contributed by atoms with Gasteiger partial charge in [0, 0.05) is 12.4 Å². The van der Waals surface area contributed by atoms with Crippen LogP contribution in [0.5, 0.6) is 0 Å². The van der Waals surface area contributed by atoms with E-state index in [-0.39, 0.29) is 5.76 Å². The Bertz CT molecular complexity index is 307. The zero-order chi connectivity index (χ0) is 8.97. The second-order valence-electron chi connectivity index (χ2n) is 2.32. The Morgan fingerprint density at radius 1 is 1.33 bits per heavy atom. The third kappa shape index (κ3) is 1.66. The molecule has 1 heterocycles. The molecule has 1 aromatic rings. The molecule has 0 radical (unpaired) electrons.